The quantitative estimate of drug-likeness (QED) is 0.535. The number of nitrogens with zero attached hydrogens (tertiary/aromatic N) is 1. The first-order chi connectivity index (χ1) is 7.69. The predicted molar refractivity (Wildman–Crippen MR) is 60.7 cm³/mol. The van der Waals surface area contributed by atoms with Gasteiger partial charge in [0.15, 0.2) is 0 Å². The van der Waals surface area contributed by atoms with Gasteiger partial charge in [0.1, 0.15) is 0 Å². The van der Waals surface area contributed by atoms with Gasteiger partial charge < -0.3 is 20.8 Å². The minimum absolute atomic E-state index is 0.0348. The molecule has 0 radical (unpaired) electrons. The van der Waals surface area contributed by atoms with Gasteiger partial charge in [-0.25, -0.2) is 0 Å². The van der Waals surface area contributed by atoms with Crippen LogP contribution in [0.4, 0.5) is 0 Å². The maximum atomic E-state index is 11.8. The Kier molecular flexibility index (Phi) is 5.73. The summed E-state index contributed by atoms with van der Waals surface area (Å²) in [6.07, 6.45) is 3.24. The molecule has 0 unspecified atom stereocenters. The molecule has 1 saturated heterocycles. The summed E-state index contributed by atoms with van der Waals surface area (Å²) >= 11 is 0. The zero-order valence-corrected chi connectivity index (χ0v) is 9.64. The molecule has 1 aliphatic rings. The Labute approximate surface area is 96.2 Å². The number of nitrogens with two attached hydrogens (primary N) is 1. The molecular formula is C11H22N2O3. The van der Waals surface area contributed by atoms with E-state index in [0.717, 1.165) is 19.3 Å². The number of amides is 1. The van der Waals surface area contributed by atoms with Crippen molar-refractivity contribution in [3.05, 3.63) is 0 Å². The van der Waals surface area contributed by atoms with Gasteiger partial charge in [0, 0.05) is 13.0 Å². The van der Waals surface area contributed by atoms with E-state index < -0.39 is 6.10 Å². The van der Waals surface area contributed by atoms with Crippen molar-refractivity contribution >= 4 is 5.91 Å². The maximum Gasteiger partial charge on any atom is 0.222 e. The van der Waals surface area contributed by atoms with Crippen molar-refractivity contribution in [2.75, 3.05) is 19.7 Å². The van der Waals surface area contributed by atoms with E-state index in [1.807, 2.05) is 0 Å². The molecule has 4 N–H and O–H groups in total. The number of hydrogen-bond acceptors (Lipinski definition) is 4. The van der Waals surface area contributed by atoms with E-state index in [-0.39, 0.29) is 18.6 Å². The van der Waals surface area contributed by atoms with Crippen LogP contribution in [-0.2, 0) is 4.79 Å². The highest BCUT2D eigenvalue weighted by Crippen LogP contribution is 2.19. The highest BCUT2D eigenvalue weighted by molar-refractivity contribution is 5.76. The molecule has 0 aromatic rings. The van der Waals surface area contributed by atoms with Crippen molar-refractivity contribution in [3.8, 4) is 0 Å². The van der Waals surface area contributed by atoms with Crippen molar-refractivity contribution in [2.24, 2.45) is 5.73 Å². The van der Waals surface area contributed by atoms with Crippen LogP contribution in [-0.4, -0.2) is 52.9 Å². The van der Waals surface area contributed by atoms with E-state index in [0.29, 0.717) is 25.9 Å². The summed E-state index contributed by atoms with van der Waals surface area (Å²) in [6.45, 7) is 0.961. The minimum Gasteiger partial charge on any atom is -0.394 e. The van der Waals surface area contributed by atoms with Crippen molar-refractivity contribution in [3.63, 3.8) is 0 Å². The first-order valence-electron chi connectivity index (χ1n) is 5.97. The lowest BCUT2D eigenvalue weighted by molar-refractivity contribution is -0.133. The lowest BCUT2D eigenvalue weighted by Crippen LogP contribution is -2.37. The van der Waals surface area contributed by atoms with Gasteiger partial charge in [-0.05, 0) is 25.8 Å². The summed E-state index contributed by atoms with van der Waals surface area (Å²) in [5.41, 5.74) is 5.37. The summed E-state index contributed by atoms with van der Waals surface area (Å²) in [4.78, 5) is 13.4. The van der Waals surface area contributed by atoms with Gasteiger partial charge in [0.25, 0.3) is 0 Å². The Morgan fingerprint density at radius 1 is 1.38 bits per heavy atom. The fourth-order valence-corrected chi connectivity index (χ4v) is 2.11. The number of carbonyl (C=O) groups is 1. The van der Waals surface area contributed by atoms with Crippen LogP contribution < -0.4 is 5.73 Å². The van der Waals surface area contributed by atoms with Gasteiger partial charge in [-0.1, -0.05) is 6.42 Å². The predicted octanol–water partition coefficient (Wildman–Crippen LogP) is -0.540. The molecule has 5 heteroatoms. The number of β-amino-alcohol motifs (C(OH)–C–C–N with tert-alkyl or cyclic N) is 1. The highest BCUT2D eigenvalue weighted by Gasteiger charge is 2.33. The van der Waals surface area contributed by atoms with Gasteiger partial charge in [-0.15, -0.1) is 0 Å². The molecule has 0 aromatic heterocycles. The molecule has 1 heterocycles. The third kappa shape index (κ3) is 3.73. The van der Waals surface area contributed by atoms with Crippen LogP contribution in [0, 0.1) is 0 Å². The zero-order chi connectivity index (χ0) is 12.0. The highest BCUT2D eigenvalue weighted by atomic mass is 16.3. The molecule has 1 fully saturated rings. The summed E-state index contributed by atoms with van der Waals surface area (Å²) in [5.74, 6) is 0.0348. The Hall–Kier alpha value is -0.650. The van der Waals surface area contributed by atoms with Crippen LogP contribution >= 0.6 is 0 Å². The summed E-state index contributed by atoms with van der Waals surface area (Å²) in [6, 6.07) is -0.197. The molecule has 0 spiro atoms. The van der Waals surface area contributed by atoms with Gasteiger partial charge in [0.2, 0.25) is 5.91 Å². The van der Waals surface area contributed by atoms with Crippen molar-refractivity contribution < 1.29 is 15.0 Å². The standard InChI is InChI=1S/C11H22N2O3/c12-5-3-1-2-4-11(16)13-7-10(15)6-9(13)8-14/h9-10,14-15H,1-8,12H2/t9-,10-/m0/s1. The average Bonchev–Trinajstić information content (AvgIpc) is 2.65. The monoisotopic (exact) mass is 230 g/mol. The molecule has 0 saturated carbocycles. The summed E-state index contributed by atoms with van der Waals surface area (Å²) in [7, 11) is 0. The number of rotatable bonds is 6. The Balaban J connectivity index is 2.29. The van der Waals surface area contributed by atoms with E-state index in [1.165, 1.54) is 0 Å². The van der Waals surface area contributed by atoms with E-state index in [1.54, 1.807) is 4.90 Å². The zero-order valence-electron chi connectivity index (χ0n) is 9.64. The van der Waals surface area contributed by atoms with Gasteiger partial charge in [-0.2, -0.15) is 0 Å². The molecule has 5 nitrogen and oxygen atoms in total. The fourth-order valence-electron chi connectivity index (χ4n) is 2.11. The number of unbranched alkanes of at least 4 members (excludes halogenated alkanes) is 2. The summed E-state index contributed by atoms with van der Waals surface area (Å²) in [5, 5.41) is 18.5. The Bertz CT molecular complexity index is 223. The largest absolute Gasteiger partial charge is 0.394 e. The number of likely N-dealkylation sites (tertiary alicyclic amines) is 1. The Morgan fingerprint density at radius 2 is 2.12 bits per heavy atom. The molecule has 16 heavy (non-hydrogen) atoms. The van der Waals surface area contributed by atoms with E-state index >= 15 is 0 Å². The second kappa shape index (κ2) is 6.83. The molecule has 1 amide bonds. The van der Waals surface area contributed by atoms with E-state index in [2.05, 4.69) is 0 Å². The maximum absolute atomic E-state index is 11.8. The average molecular weight is 230 g/mol. The third-order valence-corrected chi connectivity index (χ3v) is 3.02. The summed E-state index contributed by atoms with van der Waals surface area (Å²) < 4.78 is 0. The topological polar surface area (TPSA) is 86.8 Å². The SMILES string of the molecule is NCCCCCC(=O)N1C[C@@H](O)C[C@H]1CO. The third-order valence-electron chi connectivity index (χ3n) is 3.02. The van der Waals surface area contributed by atoms with Crippen LogP contribution in [0.2, 0.25) is 0 Å². The molecule has 94 valence electrons. The van der Waals surface area contributed by atoms with E-state index in [9.17, 15) is 9.90 Å². The first-order valence-corrected chi connectivity index (χ1v) is 5.97. The first kappa shape index (κ1) is 13.4. The van der Waals surface area contributed by atoms with Crippen molar-refractivity contribution in [1.82, 2.24) is 4.90 Å². The molecule has 2 atom stereocenters. The van der Waals surface area contributed by atoms with Gasteiger partial charge in [-0.3, -0.25) is 4.79 Å². The number of carbonyl (C=O) groups excluding carboxylic acids is 1. The van der Waals surface area contributed by atoms with Crippen LogP contribution in [0.3, 0.4) is 0 Å². The number of hydrogen-bond donors (Lipinski definition) is 3. The number of aliphatic hydroxyl groups excluding tert-OH is 2. The van der Waals surface area contributed by atoms with Gasteiger partial charge in [0.05, 0.1) is 18.8 Å². The molecule has 0 aliphatic carbocycles. The van der Waals surface area contributed by atoms with E-state index in [4.69, 9.17) is 10.8 Å². The van der Waals surface area contributed by atoms with Crippen LogP contribution in [0.5, 0.6) is 0 Å². The minimum atomic E-state index is -0.481. The molecule has 0 aromatic carbocycles. The van der Waals surface area contributed by atoms with Gasteiger partial charge >= 0.3 is 0 Å². The number of aliphatic hydroxyl groups is 2. The molecule has 1 aliphatic heterocycles. The second-order valence-electron chi connectivity index (χ2n) is 4.37. The van der Waals surface area contributed by atoms with Crippen LogP contribution in [0.1, 0.15) is 32.1 Å². The van der Waals surface area contributed by atoms with Crippen molar-refractivity contribution in [2.45, 2.75) is 44.2 Å². The molecule has 1 rings (SSSR count). The second-order valence-corrected chi connectivity index (χ2v) is 4.37. The lowest BCUT2D eigenvalue weighted by atomic mass is 10.1. The molecule has 0 bridgehead atoms. The van der Waals surface area contributed by atoms with Crippen LogP contribution in [0.15, 0.2) is 0 Å². The smallest absolute Gasteiger partial charge is 0.222 e. The lowest BCUT2D eigenvalue weighted by Gasteiger charge is -2.22. The normalized spacial score (nSPS) is 25.1. The van der Waals surface area contributed by atoms with Crippen molar-refractivity contribution in [1.29, 1.82) is 0 Å². The molecular weight excluding hydrogens is 208 g/mol. The Morgan fingerprint density at radius 3 is 2.75 bits per heavy atom. The fraction of sp³-hybridized carbons (Fsp3) is 0.909. The van der Waals surface area contributed by atoms with Crippen LogP contribution in [0.25, 0.3) is 0 Å².